The Kier molecular flexibility index (Phi) is 5.99. The molecule has 1 aliphatic rings. The molecule has 0 saturated heterocycles. The van der Waals surface area contributed by atoms with Crippen molar-refractivity contribution in [2.24, 2.45) is 0 Å². The molecule has 0 spiro atoms. The van der Waals surface area contributed by atoms with Crippen LogP contribution in [0.4, 0.5) is 0 Å². The van der Waals surface area contributed by atoms with E-state index >= 15 is 0 Å². The minimum Gasteiger partial charge on any atom is -0.496 e. The van der Waals surface area contributed by atoms with Gasteiger partial charge in [-0.05, 0) is 60.6 Å². The molecule has 1 aliphatic heterocycles. The summed E-state index contributed by atoms with van der Waals surface area (Å²) in [5.41, 5.74) is 8.19. The molecule has 0 unspecified atom stereocenters. The van der Waals surface area contributed by atoms with Crippen molar-refractivity contribution >= 4 is 5.97 Å². The average molecular weight is 417 g/mol. The summed E-state index contributed by atoms with van der Waals surface area (Å²) in [6.45, 7) is 4.71. The van der Waals surface area contributed by atoms with Gasteiger partial charge in [-0.1, -0.05) is 48.5 Å². The predicted octanol–water partition coefficient (Wildman–Crippen LogP) is 5.71. The van der Waals surface area contributed by atoms with E-state index in [9.17, 15) is 4.79 Å². The monoisotopic (exact) mass is 416 g/mol. The highest BCUT2D eigenvalue weighted by atomic mass is 16.5. The summed E-state index contributed by atoms with van der Waals surface area (Å²) >= 11 is 0. The number of rotatable bonds is 7. The molecule has 1 atom stereocenters. The lowest BCUT2D eigenvalue weighted by Crippen LogP contribution is -2.07. The number of hydrogen-bond acceptors (Lipinski definition) is 3. The van der Waals surface area contributed by atoms with Crippen molar-refractivity contribution in [1.82, 2.24) is 0 Å². The zero-order valence-corrected chi connectivity index (χ0v) is 18.3. The number of carboxylic acid groups (broad SMARTS) is 1. The average Bonchev–Trinajstić information content (AvgIpc) is 3.13. The standard InChI is InChI=1S/C27H28O4/c1-17-6-4-7-18(2)26(17)23-9-5-8-20(27(23)30-3)12-10-19-11-13-22-21(15-25(28)29)16-31-24(22)14-19/h4-9,11,13-14,21H,10,12,15-16H2,1-3H3,(H,28,29)/t21-/m1/s1. The van der Waals surface area contributed by atoms with Crippen LogP contribution in [-0.2, 0) is 17.6 Å². The molecule has 0 radical (unpaired) electrons. The Bertz CT molecular complexity index is 1100. The van der Waals surface area contributed by atoms with E-state index in [1.807, 2.05) is 6.07 Å². The van der Waals surface area contributed by atoms with E-state index in [1.54, 1.807) is 7.11 Å². The van der Waals surface area contributed by atoms with Crippen molar-refractivity contribution in [2.45, 2.75) is 39.0 Å². The molecular formula is C27H28O4. The van der Waals surface area contributed by atoms with Crippen LogP contribution in [0, 0.1) is 13.8 Å². The van der Waals surface area contributed by atoms with Crippen LogP contribution in [0.5, 0.6) is 11.5 Å². The molecule has 0 aromatic heterocycles. The highest BCUT2D eigenvalue weighted by Crippen LogP contribution is 2.39. The van der Waals surface area contributed by atoms with Crippen molar-refractivity contribution in [3.05, 3.63) is 82.4 Å². The first-order valence-corrected chi connectivity index (χ1v) is 10.7. The smallest absolute Gasteiger partial charge is 0.304 e. The molecule has 0 fully saturated rings. The molecule has 0 amide bonds. The van der Waals surface area contributed by atoms with Gasteiger partial charge in [0.25, 0.3) is 0 Å². The Labute approximate surface area is 183 Å². The Balaban J connectivity index is 1.57. The largest absolute Gasteiger partial charge is 0.496 e. The van der Waals surface area contributed by atoms with Crippen LogP contribution in [0.2, 0.25) is 0 Å². The summed E-state index contributed by atoms with van der Waals surface area (Å²) in [6, 6.07) is 18.9. The Morgan fingerprint density at radius 2 is 1.81 bits per heavy atom. The molecule has 4 rings (SSSR count). The lowest BCUT2D eigenvalue weighted by atomic mass is 9.92. The number of aliphatic carboxylic acids is 1. The number of para-hydroxylation sites is 1. The summed E-state index contributed by atoms with van der Waals surface area (Å²) in [4.78, 5) is 11.1. The van der Waals surface area contributed by atoms with Gasteiger partial charge >= 0.3 is 5.97 Å². The van der Waals surface area contributed by atoms with Crippen molar-refractivity contribution in [2.75, 3.05) is 13.7 Å². The zero-order valence-electron chi connectivity index (χ0n) is 18.3. The van der Waals surface area contributed by atoms with Crippen molar-refractivity contribution < 1.29 is 19.4 Å². The second-order valence-electron chi connectivity index (χ2n) is 8.24. The molecule has 4 heteroatoms. The summed E-state index contributed by atoms with van der Waals surface area (Å²) in [6.07, 6.45) is 1.81. The number of benzene rings is 3. The third-order valence-electron chi connectivity index (χ3n) is 6.11. The number of ether oxygens (including phenoxy) is 2. The van der Waals surface area contributed by atoms with Crippen LogP contribution >= 0.6 is 0 Å². The SMILES string of the molecule is COc1c(CCc2ccc3c(c2)OC[C@H]3CC(=O)O)cccc1-c1c(C)cccc1C. The first-order valence-electron chi connectivity index (χ1n) is 10.7. The van der Waals surface area contributed by atoms with E-state index in [4.69, 9.17) is 14.6 Å². The van der Waals surface area contributed by atoms with Crippen molar-refractivity contribution in [3.63, 3.8) is 0 Å². The molecule has 0 saturated carbocycles. The van der Waals surface area contributed by atoms with Gasteiger partial charge in [-0.15, -0.1) is 0 Å². The fourth-order valence-electron chi connectivity index (χ4n) is 4.59. The summed E-state index contributed by atoms with van der Waals surface area (Å²) < 4.78 is 11.6. The van der Waals surface area contributed by atoms with Gasteiger partial charge in [0, 0.05) is 17.0 Å². The van der Waals surface area contributed by atoms with Gasteiger partial charge in [0.2, 0.25) is 0 Å². The van der Waals surface area contributed by atoms with Crippen LogP contribution in [0.15, 0.2) is 54.6 Å². The topological polar surface area (TPSA) is 55.8 Å². The maximum absolute atomic E-state index is 11.1. The van der Waals surface area contributed by atoms with Gasteiger partial charge in [0.05, 0.1) is 20.1 Å². The fraction of sp³-hybridized carbons (Fsp3) is 0.296. The highest BCUT2D eigenvalue weighted by Gasteiger charge is 2.26. The Morgan fingerprint density at radius 3 is 2.52 bits per heavy atom. The van der Waals surface area contributed by atoms with Crippen LogP contribution in [0.25, 0.3) is 11.1 Å². The van der Waals surface area contributed by atoms with E-state index in [1.165, 1.54) is 27.8 Å². The van der Waals surface area contributed by atoms with E-state index in [-0.39, 0.29) is 12.3 Å². The molecule has 0 bridgehead atoms. The molecule has 4 nitrogen and oxygen atoms in total. The molecule has 160 valence electrons. The number of aryl methyl sites for hydroxylation is 4. The van der Waals surface area contributed by atoms with Gasteiger partial charge in [-0.3, -0.25) is 4.79 Å². The third kappa shape index (κ3) is 4.29. The van der Waals surface area contributed by atoms with E-state index in [0.717, 1.165) is 35.5 Å². The maximum atomic E-state index is 11.1. The molecule has 3 aromatic carbocycles. The summed E-state index contributed by atoms with van der Waals surface area (Å²) in [7, 11) is 1.74. The van der Waals surface area contributed by atoms with Gasteiger partial charge in [-0.2, -0.15) is 0 Å². The molecular weight excluding hydrogens is 388 g/mol. The predicted molar refractivity (Wildman–Crippen MR) is 122 cm³/mol. The second kappa shape index (κ2) is 8.84. The normalized spacial score (nSPS) is 14.7. The third-order valence-corrected chi connectivity index (χ3v) is 6.11. The van der Waals surface area contributed by atoms with Gasteiger partial charge in [0.1, 0.15) is 11.5 Å². The van der Waals surface area contributed by atoms with Gasteiger partial charge in [0.15, 0.2) is 0 Å². The Morgan fingerprint density at radius 1 is 1.06 bits per heavy atom. The summed E-state index contributed by atoms with van der Waals surface area (Å²) in [5, 5.41) is 9.09. The minimum atomic E-state index is -0.790. The van der Waals surface area contributed by atoms with Crippen LogP contribution in [0.3, 0.4) is 0 Å². The summed E-state index contributed by atoms with van der Waals surface area (Å²) in [5.74, 6) is 0.899. The molecule has 0 aliphatic carbocycles. The number of fused-ring (bicyclic) bond motifs is 1. The van der Waals surface area contributed by atoms with Crippen LogP contribution in [-0.4, -0.2) is 24.8 Å². The minimum absolute atomic E-state index is 0.0596. The number of methoxy groups -OCH3 is 1. The molecule has 31 heavy (non-hydrogen) atoms. The number of carboxylic acids is 1. The maximum Gasteiger partial charge on any atom is 0.304 e. The fourth-order valence-corrected chi connectivity index (χ4v) is 4.59. The lowest BCUT2D eigenvalue weighted by molar-refractivity contribution is -0.137. The molecule has 3 aromatic rings. The van der Waals surface area contributed by atoms with Crippen molar-refractivity contribution in [3.8, 4) is 22.6 Å². The number of carbonyl (C=O) groups is 1. The first-order chi connectivity index (χ1) is 15.0. The van der Waals surface area contributed by atoms with Crippen molar-refractivity contribution in [1.29, 1.82) is 0 Å². The molecule has 1 heterocycles. The van der Waals surface area contributed by atoms with E-state index < -0.39 is 5.97 Å². The Hall–Kier alpha value is -3.27. The lowest BCUT2D eigenvalue weighted by Gasteiger charge is -2.17. The highest BCUT2D eigenvalue weighted by molar-refractivity contribution is 5.77. The van der Waals surface area contributed by atoms with Gasteiger partial charge in [-0.25, -0.2) is 0 Å². The van der Waals surface area contributed by atoms with E-state index in [0.29, 0.717) is 6.61 Å². The van der Waals surface area contributed by atoms with E-state index in [2.05, 4.69) is 62.4 Å². The number of hydrogen-bond donors (Lipinski definition) is 1. The first kappa shape index (κ1) is 21.0. The quantitative estimate of drug-likeness (QED) is 0.536. The van der Waals surface area contributed by atoms with Crippen LogP contribution < -0.4 is 9.47 Å². The zero-order chi connectivity index (χ0) is 22.0. The second-order valence-corrected chi connectivity index (χ2v) is 8.24. The van der Waals surface area contributed by atoms with Gasteiger partial charge < -0.3 is 14.6 Å². The molecule has 1 N–H and O–H groups in total. The van der Waals surface area contributed by atoms with Crippen LogP contribution in [0.1, 0.15) is 40.2 Å².